The van der Waals surface area contributed by atoms with Gasteiger partial charge in [-0.2, -0.15) is 0 Å². The maximum atomic E-state index is 5.79. The molecule has 0 aliphatic heterocycles. The Morgan fingerprint density at radius 1 is 1.00 bits per heavy atom. The summed E-state index contributed by atoms with van der Waals surface area (Å²) in [6, 6.07) is 10.3. The van der Waals surface area contributed by atoms with Gasteiger partial charge >= 0.3 is 0 Å². The average molecular weight is 232 g/mol. The minimum absolute atomic E-state index is 0.920. The second-order valence-electron chi connectivity index (χ2n) is 3.16. The van der Waals surface area contributed by atoms with E-state index in [-0.39, 0.29) is 0 Å². The number of thiophene rings is 2. The molecule has 3 aromatic rings. The summed E-state index contributed by atoms with van der Waals surface area (Å²) < 4.78 is 7.06. The van der Waals surface area contributed by atoms with Gasteiger partial charge in [-0.1, -0.05) is 12.1 Å². The van der Waals surface area contributed by atoms with Gasteiger partial charge in [0.15, 0.2) is 0 Å². The van der Waals surface area contributed by atoms with Gasteiger partial charge in [-0.15, -0.1) is 22.7 Å². The van der Waals surface area contributed by atoms with Crippen molar-refractivity contribution in [1.29, 1.82) is 0 Å². The van der Waals surface area contributed by atoms with Crippen molar-refractivity contribution in [3.05, 3.63) is 46.5 Å². The number of benzene rings is 1. The van der Waals surface area contributed by atoms with Gasteiger partial charge < -0.3 is 4.74 Å². The second-order valence-corrected chi connectivity index (χ2v) is 4.85. The minimum Gasteiger partial charge on any atom is -0.455 e. The van der Waals surface area contributed by atoms with Crippen LogP contribution < -0.4 is 4.74 Å². The van der Waals surface area contributed by atoms with Crippen LogP contribution in [0.25, 0.3) is 10.1 Å². The van der Waals surface area contributed by atoms with Crippen LogP contribution in [0.1, 0.15) is 0 Å². The van der Waals surface area contributed by atoms with Crippen LogP contribution in [-0.2, 0) is 0 Å². The highest BCUT2D eigenvalue weighted by molar-refractivity contribution is 7.17. The third-order valence-electron chi connectivity index (χ3n) is 2.17. The van der Waals surface area contributed by atoms with E-state index < -0.39 is 0 Å². The van der Waals surface area contributed by atoms with Crippen molar-refractivity contribution in [1.82, 2.24) is 0 Å². The van der Waals surface area contributed by atoms with Crippen LogP contribution in [0.4, 0.5) is 0 Å². The zero-order chi connectivity index (χ0) is 10.1. The lowest BCUT2D eigenvalue weighted by molar-refractivity contribution is 0.492. The van der Waals surface area contributed by atoms with E-state index in [0.717, 1.165) is 11.5 Å². The molecule has 3 heteroatoms. The number of fused-ring (bicyclic) bond motifs is 1. The topological polar surface area (TPSA) is 9.23 Å². The van der Waals surface area contributed by atoms with Crippen molar-refractivity contribution < 1.29 is 4.74 Å². The fraction of sp³-hybridized carbons (Fsp3) is 0. The Labute approximate surface area is 95.6 Å². The van der Waals surface area contributed by atoms with Gasteiger partial charge in [0.1, 0.15) is 11.5 Å². The predicted molar refractivity (Wildman–Crippen MR) is 66.2 cm³/mol. The number of rotatable bonds is 2. The first kappa shape index (κ1) is 8.95. The molecule has 0 aliphatic rings. The van der Waals surface area contributed by atoms with Gasteiger partial charge in [0, 0.05) is 20.8 Å². The number of hydrogen-bond donors (Lipinski definition) is 0. The Morgan fingerprint density at radius 3 is 2.80 bits per heavy atom. The first-order valence-corrected chi connectivity index (χ1v) is 6.42. The van der Waals surface area contributed by atoms with Crippen LogP contribution in [0.15, 0.2) is 46.5 Å². The molecule has 0 radical (unpaired) electrons. The van der Waals surface area contributed by atoms with Crippen molar-refractivity contribution in [2.75, 3.05) is 0 Å². The molecule has 2 aromatic heterocycles. The molecule has 2 heterocycles. The van der Waals surface area contributed by atoms with Gasteiger partial charge in [0.05, 0.1) is 0 Å². The summed E-state index contributed by atoms with van der Waals surface area (Å²) in [5.41, 5.74) is 0. The smallest absolute Gasteiger partial charge is 0.145 e. The van der Waals surface area contributed by atoms with Crippen LogP contribution in [0, 0.1) is 0 Å². The Bertz CT molecular complexity index is 566. The number of ether oxygens (including phenoxy) is 1. The fourth-order valence-corrected chi connectivity index (χ4v) is 2.88. The van der Waals surface area contributed by atoms with E-state index in [1.807, 2.05) is 29.0 Å². The average Bonchev–Trinajstić information content (AvgIpc) is 2.89. The molecule has 0 unspecified atom stereocenters. The summed E-state index contributed by atoms with van der Waals surface area (Å²) in [6.07, 6.45) is 0. The van der Waals surface area contributed by atoms with Crippen molar-refractivity contribution in [2.24, 2.45) is 0 Å². The highest BCUT2D eigenvalue weighted by Crippen LogP contribution is 2.35. The largest absolute Gasteiger partial charge is 0.455 e. The standard InChI is InChI=1S/C12H8OS2/c1-2-4-12-10(3-1)11(8-15-12)13-9-5-6-14-7-9/h1-8H. The summed E-state index contributed by atoms with van der Waals surface area (Å²) in [6.45, 7) is 0. The second kappa shape index (κ2) is 3.68. The third-order valence-corrected chi connectivity index (χ3v) is 3.77. The first-order valence-electron chi connectivity index (χ1n) is 4.60. The van der Waals surface area contributed by atoms with E-state index in [1.54, 1.807) is 22.7 Å². The molecule has 0 N–H and O–H groups in total. The van der Waals surface area contributed by atoms with Gasteiger partial charge in [-0.3, -0.25) is 0 Å². The van der Waals surface area contributed by atoms with Crippen molar-refractivity contribution in [3.8, 4) is 11.5 Å². The molecule has 3 rings (SSSR count). The van der Waals surface area contributed by atoms with Crippen molar-refractivity contribution >= 4 is 32.8 Å². The van der Waals surface area contributed by atoms with Crippen LogP contribution in [0.3, 0.4) is 0 Å². The molecule has 0 fully saturated rings. The predicted octanol–water partition coefficient (Wildman–Crippen LogP) is 4.76. The lowest BCUT2D eigenvalue weighted by atomic mass is 10.2. The fourth-order valence-electron chi connectivity index (χ4n) is 1.47. The molecule has 74 valence electrons. The van der Waals surface area contributed by atoms with Gasteiger partial charge in [0.25, 0.3) is 0 Å². The first-order chi connectivity index (χ1) is 7.43. The van der Waals surface area contributed by atoms with E-state index >= 15 is 0 Å². The summed E-state index contributed by atoms with van der Waals surface area (Å²) in [7, 11) is 0. The highest BCUT2D eigenvalue weighted by atomic mass is 32.1. The quantitative estimate of drug-likeness (QED) is 0.619. The molecule has 0 bridgehead atoms. The zero-order valence-corrected chi connectivity index (χ0v) is 9.48. The number of hydrogen-bond acceptors (Lipinski definition) is 3. The van der Waals surface area contributed by atoms with Crippen LogP contribution in [-0.4, -0.2) is 0 Å². The molecular weight excluding hydrogens is 224 g/mol. The molecule has 0 aliphatic carbocycles. The van der Waals surface area contributed by atoms with Crippen molar-refractivity contribution in [2.45, 2.75) is 0 Å². The summed E-state index contributed by atoms with van der Waals surface area (Å²) in [5, 5.41) is 7.27. The van der Waals surface area contributed by atoms with E-state index in [4.69, 9.17) is 4.74 Å². The Balaban J connectivity index is 2.05. The molecule has 0 amide bonds. The maximum absolute atomic E-state index is 5.79. The summed E-state index contributed by atoms with van der Waals surface area (Å²) >= 11 is 3.36. The minimum atomic E-state index is 0.920. The molecular formula is C12H8OS2. The van der Waals surface area contributed by atoms with Crippen LogP contribution in [0.5, 0.6) is 11.5 Å². The van der Waals surface area contributed by atoms with Gasteiger partial charge in [-0.05, 0) is 23.6 Å². The van der Waals surface area contributed by atoms with Crippen LogP contribution >= 0.6 is 22.7 Å². The Morgan fingerprint density at radius 2 is 1.93 bits per heavy atom. The molecule has 0 spiro atoms. The highest BCUT2D eigenvalue weighted by Gasteiger charge is 2.05. The van der Waals surface area contributed by atoms with E-state index in [1.165, 1.54) is 10.1 Å². The Kier molecular flexibility index (Phi) is 2.19. The molecule has 0 atom stereocenters. The summed E-state index contributed by atoms with van der Waals surface area (Å²) in [4.78, 5) is 0. The molecule has 0 saturated carbocycles. The van der Waals surface area contributed by atoms with E-state index in [9.17, 15) is 0 Å². The molecule has 15 heavy (non-hydrogen) atoms. The lowest BCUT2D eigenvalue weighted by Crippen LogP contribution is -1.78. The SMILES string of the molecule is c1ccc2c(Oc3ccsc3)csc2c1. The monoisotopic (exact) mass is 232 g/mol. The van der Waals surface area contributed by atoms with Crippen LogP contribution in [0.2, 0.25) is 0 Å². The maximum Gasteiger partial charge on any atom is 0.145 e. The van der Waals surface area contributed by atoms with Crippen molar-refractivity contribution in [3.63, 3.8) is 0 Å². The van der Waals surface area contributed by atoms with E-state index in [2.05, 4.69) is 17.5 Å². The zero-order valence-electron chi connectivity index (χ0n) is 7.84. The van der Waals surface area contributed by atoms with Gasteiger partial charge in [0.2, 0.25) is 0 Å². The van der Waals surface area contributed by atoms with Gasteiger partial charge in [-0.25, -0.2) is 0 Å². The lowest BCUT2D eigenvalue weighted by Gasteiger charge is -2.00. The third kappa shape index (κ3) is 1.64. The molecule has 1 aromatic carbocycles. The van der Waals surface area contributed by atoms with E-state index in [0.29, 0.717) is 0 Å². The normalized spacial score (nSPS) is 10.7. The Hall–Kier alpha value is -1.32. The molecule has 1 nitrogen and oxygen atoms in total. The summed E-state index contributed by atoms with van der Waals surface area (Å²) in [5.74, 6) is 1.87. The molecule has 0 saturated heterocycles.